The van der Waals surface area contributed by atoms with Crippen LogP contribution in [0.5, 0.6) is 0 Å². The highest BCUT2D eigenvalue weighted by molar-refractivity contribution is 7.90. The van der Waals surface area contributed by atoms with E-state index in [4.69, 9.17) is 0 Å². The predicted octanol–water partition coefficient (Wildman–Crippen LogP) is 3.08. The van der Waals surface area contributed by atoms with Crippen LogP contribution < -0.4 is 4.72 Å². The molecule has 0 saturated heterocycles. The highest BCUT2D eigenvalue weighted by Gasteiger charge is 2.29. The van der Waals surface area contributed by atoms with E-state index in [1.165, 1.54) is 0 Å². The van der Waals surface area contributed by atoms with Crippen molar-refractivity contribution in [3.8, 4) is 0 Å². The molecule has 5 heteroatoms. The number of nitrogens with one attached hydrogen (secondary N) is 1. The number of rotatable bonds is 3. The van der Waals surface area contributed by atoms with Crippen LogP contribution in [0.15, 0.2) is 18.2 Å². The molecular weight excluding hydrogens is 244 g/mol. The molecule has 0 aliphatic carbocycles. The Morgan fingerprint density at radius 3 is 2.41 bits per heavy atom. The summed E-state index contributed by atoms with van der Waals surface area (Å²) in [6.07, 6.45) is 0. The summed E-state index contributed by atoms with van der Waals surface area (Å²) >= 11 is -1.32. The summed E-state index contributed by atoms with van der Waals surface area (Å²) in [5, 5.41) is 0. The van der Waals surface area contributed by atoms with Crippen LogP contribution >= 0.6 is 0 Å². The molecule has 0 saturated carbocycles. The average molecular weight is 261 g/mol. The maximum Gasteiger partial charge on any atom is 0.136 e. The SMILES string of the molecule is CC(N[S@@+]([O-])C(C)(C)C)c1cc(F)ccc1F. The van der Waals surface area contributed by atoms with Gasteiger partial charge in [0.25, 0.3) is 0 Å². The molecule has 0 bridgehead atoms. The van der Waals surface area contributed by atoms with Crippen molar-refractivity contribution < 1.29 is 13.3 Å². The van der Waals surface area contributed by atoms with Crippen molar-refractivity contribution in [3.05, 3.63) is 35.4 Å². The normalized spacial score (nSPS) is 15.7. The summed E-state index contributed by atoms with van der Waals surface area (Å²) in [5.74, 6) is -1.01. The minimum atomic E-state index is -1.32. The van der Waals surface area contributed by atoms with Crippen molar-refractivity contribution >= 4 is 11.4 Å². The lowest BCUT2D eigenvalue weighted by molar-refractivity contribution is 0.519. The molecule has 1 aromatic rings. The highest BCUT2D eigenvalue weighted by atomic mass is 32.2. The Hall–Kier alpha value is -0.650. The zero-order valence-corrected chi connectivity index (χ0v) is 11.2. The minimum absolute atomic E-state index is 0.183. The Labute approximate surface area is 104 Å². The van der Waals surface area contributed by atoms with Gasteiger partial charge in [-0.05, 0) is 45.9 Å². The second-order valence-electron chi connectivity index (χ2n) is 4.89. The van der Waals surface area contributed by atoms with Crippen LogP contribution in [-0.2, 0) is 11.4 Å². The highest BCUT2D eigenvalue weighted by Crippen LogP contribution is 2.22. The lowest BCUT2D eigenvalue weighted by atomic mass is 10.1. The van der Waals surface area contributed by atoms with E-state index in [9.17, 15) is 13.3 Å². The van der Waals surface area contributed by atoms with Gasteiger partial charge in [0.15, 0.2) is 0 Å². The lowest BCUT2D eigenvalue weighted by Crippen LogP contribution is -2.40. The smallest absolute Gasteiger partial charge is 0.136 e. The molecule has 0 heterocycles. The third-order valence-electron chi connectivity index (χ3n) is 2.26. The van der Waals surface area contributed by atoms with E-state index in [2.05, 4.69) is 4.72 Å². The zero-order valence-electron chi connectivity index (χ0n) is 10.4. The van der Waals surface area contributed by atoms with Gasteiger partial charge in [-0.2, -0.15) is 0 Å². The summed E-state index contributed by atoms with van der Waals surface area (Å²) in [4.78, 5) is 0. The molecule has 1 unspecified atom stereocenters. The fourth-order valence-electron chi connectivity index (χ4n) is 1.25. The third-order valence-corrected chi connectivity index (χ3v) is 3.94. The van der Waals surface area contributed by atoms with Crippen LogP contribution in [0, 0.1) is 11.6 Å². The van der Waals surface area contributed by atoms with Gasteiger partial charge >= 0.3 is 0 Å². The molecule has 2 nitrogen and oxygen atoms in total. The first-order chi connectivity index (χ1) is 7.71. The molecule has 0 radical (unpaired) electrons. The van der Waals surface area contributed by atoms with Gasteiger partial charge in [-0.25, -0.2) is 8.78 Å². The molecule has 0 spiro atoms. The third kappa shape index (κ3) is 3.94. The van der Waals surface area contributed by atoms with E-state index in [1.54, 1.807) is 6.92 Å². The van der Waals surface area contributed by atoms with Crippen LogP contribution in [0.2, 0.25) is 0 Å². The molecule has 0 aliphatic rings. The Balaban J connectivity index is 2.83. The molecule has 2 atom stereocenters. The van der Waals surface area contributed by atoms with E-state index >= 15 is 0 Å². The number of hydrogen-bond acceptors (Lipinski definition) is 2. The fraction of sp³-hybridized carbons (Fsp3) is 0.500. The monoisotopic (exact) mass is 261 g/mol. The molecule has 0 aliphatic heterocycles. The molecule has 1 N–H and O–H groups in total. The first-order valence-electron chi connectivity index (χ1n) is 5.35. The first-order valence-corrected chi connectivity index (χ1v) is 6.50. The van der Waals surface area contributed by atoms with Crippen LogP contribution in [0.1, 0.15) is 39.3 Å². The minimum Gasteiger partial charge on any atom is -0.598 e. The summed E-state index contributed by atoms with van der Waals surface area (Å²) in [5.41, 5.74) is 0.183. The second kappa shape index (κ2) is 5.33. The molecule has 1 rings (SSSR count). The van der Waals surface area contributed by atoms with Gasteiger partial charge in [0, 0.05) is 16.9 Å². The first kappa shape index (κ1) is 14.4. The lowest BCUT2D eigenvalue weighted by Gasteiger charge is -2.26. The van der Waals surface area contributed by atoms with Crippen molar-refractivity contribution in [2.45, 2.75) is 38.5 Å². The maximum absolute atomic E-state index is 13.5. The zero-order chi connectivity index (χ0) is 13.2. The fourth-order valence-corrected chi connectivity index (χ4v) is 2.05. The van der Waals surface area contributed by atoms with Gasteiger partial charge in [0.2, 0.25) is 0 Å². The van der Waals surface area contributed by atoms with Crippen molar-refractivity contribution in [3.63, 3.8) is 0 Å². The summed E-state index contributed by atoms with van der Waals surface area (Å²) in [7, 11) is 0. The Morgan fingerprint density at radius 1 is 1.29 bits per heavy atom. The van der Waals surface area contributed by atoms with Crippen molar-refractivity contribution in [2.75, 3.05) is 0 Å². The number of hydrogen-bond donors (Lipinski definition) is 1. The van der Waals surface area contributed by atoms with Gasteiger partial charge in [-0.15, -0.1) is 4.72 Å². The molecule has 96 valence electrons. The van der Waals surface area contributed by atoms with Gasteiger partial charge in [-0.1, -0.05) is 0 Å². The van der Waals surface area contributed by atoms with Crippen molar-refractivity contribution in [1.29, 1.82) is 0 Å². The summed E-state index contributed by atoms with van der Waals surface area (Å²) in [6.45, 7) is 7.09. The Kier molecular flexibility index (Phi) is 4.52. The summed E-state index contributed by atoms with van der Waals surface area (Å²) < 4.78 is 40.6. The average Bonchev–Trinajstić information content (AvgIpc) is 2.20. The molecule has 17 heavy (non-hydrogen) atoms. The largest absolute Gasteiger partial charge is 0.598 e. The molecule has 0 aromatic heterocycles. The van der Waals surface area contributed by atoms with E-state index in [1.807, 2.05) is 20.8 Å². The van der Waals surface area contributed by atoms with E-state index < -0.39 is 33.8 Å². The Bertz CT molecular complexity index is 393. The van der Waals surface area contributed by atoms with Gasteiger partial charge in [0.1, 0.15) is 16.4 Å². The summed E-state index contributed by atoms with van der Waals surface area (Å²) in [6, 6.07) is 2.74. The van der Waals surface area contributed by atoms with Crippen LogP contribution in [0.3, 0.4) is 0 Å². The maximum atomic E-state index is 13.5. The number of halogens is 2. The van der Waals surface area contributed by atoms with Crippen LogP contribution in [0.4, 0.5) is 8.78 Å². The predicted molar refractivity (Wildman–Crippen MR) is 65.8 cm³/mol. The van der Waals surface area contributed by atoms with Gasteiger partial charge < -0.3 is 4.55 Å². The molecule has 0 fully saturated rings. The van der Waals surface area contributed by atoms with E-state index in [0.29, 0.717) is 0 Å². The molecular formula is C12H17F2NOS. The van der Waals surface area contributed by atoms with E-state index in [0.717, 1.165) is 18.2 Å². The van der Waals surface area contributed by atoms with Crippen molar-refractivity contribution in [2.24, 2.45) is 0 Å². The van der Waals surface area contributed by atoms with Gasteiger partial charge in [0.05, 0.1) is 6.04 Å². The molecule has 0 amide bonds. The topological polar surface area (TPSA) is 35.1 Å². The standard InChI is InChI=1S/C12H17F2NOS/c1-8(15-17(16)12(2,3)4)10-7-9(13)5-6-11(10)14/h5-8,15H,1-4H3/t8?,17-/m0/s1. The van der Waals surface area contributed by atoms with E-state index in [-0.39, 0.29) is 5.56 Å². The van der Waals surface area contributed by atoms with Crippen LogP contribution in [-0.4, -0.2) is 9.30 Å². The second-order valence-corrected chi connectivity index (χ2v) is 6.88. The Morgan fingerprint density at radius 2 is 1.88 bits per heavy atom. The quantitative estimate of drug-likeness (QED) is 0.849. The van der Waals surface area contributed by atoms with Gasteiger partial charge in [-0.3, -0.25) is 0 Å². The molecule has 1 aromatic carbocycles. The van der Waals surface area contributed by atoms with Crippen molar-refractivity contribution in [1.82, 2.24) is 4.72 Å². The number of benzene rings is 1. The van der Waals surface area contributed by atoms with Crippen LogP contribution in [0.25, 0.3) is 0 Å².